The Bertz CT molecular complexity index is 3580. The van der Waals surface area contributed by atoms with Crippen LogP contribution in [-0.2, 0) is 5.41 Å². The van der Waals surface area contributed by atoms with E-state index in [0.717, 1.165) is 89.2 Å². The molecular formula is C60H37N3O. The molecule has 0 saturated heterocycles. The first-order valence-corrected chi connectivity index (χ1v) is 21.8. The number of fused-ring (bicyclic) bond motifs is 12. The number of rotatable bonds is 5. The van der Waals surface area contributed by atoms with Crippen molar-refractivity contribution in [2.45, 2.75) is 5.41 Å². The van der Waals surface area contributed by atoms with Crippen LogP contribution < -0.4 is 4.74 Å². The molecule has 0 saturated carbocycles. The number of para-hydroxylation sites is 1. The quantitative estimate of drug-likeness (QED) is 0.162. The summed E-state index contributed by atoms with van der Waals surface area (Å²) in [6.45, 7) is 0. The highest BCUT2D eigenvalue weighted by atomic mass is 16.5. The first-order chi connectivity index (χ1) is 31.7. The summed E-state index contributed by atoms with van der Waals surface area (Å²) in [7, 11) is 0. The Morgan fingerprint density at radius 3 is 1.53 bits per heavy atom. The molecule has 4 nitrogen and oxygen atoms in total. The second-order valence-electron chi connectivity index (χ2n) is 16.7. The maximum atomic E-state index is 7.00. The predicted molar refractivity (Wildman–Crippen MR) is 259 cm³/mol. The maximum Gasteiger partial charge on any atom is 0.160 e. The van der Waals surface area contributed by atoms with Crippen LogP contribution in [0.25, 0.3) is 89.1 Å². The molecule has 0 N–H and O–H groups in total. The van der Waals surface area contributed by atoms with Gasteiger partial charge in [0.15, 0.2) is 5.82 Å². The molecular weight excluding hydrogens is 779 g/mol. The van der Waals surface area contributed by atoms with E-state index in [2.05, 4.69) is 200 Å². The monoisotopic (exact) mass is 815 g/mol. The molecule has 11 aromatic rings. The molecule has 9 aromatic carbocycles. The van der Waals surface area contributed by atoms with E-state index in [1.807, 2.05) is 24.3 Å². The van der Waals surface area contributed by atoms with Crippen LogP contribution in [-0.4, -0.2) is 15.0 Å². The van der Waals surface area contributed by atoms with Crippen molar-refractivity contribution in [2.24, 2.45) is 0 Å². The van der Waals surface area contributed by atoms with Crippen molar-refractivity contribution in [3.8, 4) is 78.9 Å². The molecule has 1 spiro atoms. The number of pyridine rings is 1. The van der Waals surface area contributed by atoms with E-state index in [0.29, 0.717) is 5.82 Å². The Morgan fingerprint density at radius 2 is 0.844 bits per heavy atom. The molecule has 0 amide bonds. The van der Waals surface area contributed by atoms with Crippen LogP contribution in [0.1, 0.15) is 22.3 Å². The molecule has 1 aliphatic carbocycles. The summed E-state index contributed by atoms with van der Waals surface area (Å²) in [5.74, 6) is 2.37. The fourth-order valence-corrected chi connectivity index (χ4v) is 10.2. The van der Waals surface area contributed by atoms with Gasteiger partial charge in [0, 0.05) is 44.2 Å². The Hall–Kier alpha value is -8.47. The first kappa shape index (κ1) is 36.2. The van der Waals surface area contributed by atoms with Crippen molar-refractivity contribution in [3.63, 3.8) is 0 Å². The van der Waals surface area contributed by atoms with Crippen molar-refractivity contribution in [1.29, 1.82) is 0 Å². The van der Waals surface area contributed by atoms with E-state index in [-0.39, 0.29) is 0 Å². The molecule has 0 unspecified atom stereocenters. The van der Waals surface area contributed by atoms with Crippen LogP contribution in [0.3, 0.4) is 0 Å². The van der Waals surface area contributed by atoms with Gasteiger partial charge >= 0.3 is 0 Å². The average Bonchev–Trinajstić information content (AvgIpc) is 3.66. The first-order valence-electron chi connectivity index (χ1n) is 21.8. The van der Waals surface area contributed by atoms with Crippen LogP contribution in [0.4, 0.5) is 0 Å². The lowest BCUT2D eigenvalue weighted by Crippen LogP contribution is -2.32. The lowest BCUT2D eigenvalue weighted by atomic mass is 9.65. The second kappa shape index (κ2) is 14.3. The molecule has 2 aliphatic rings. The minimum absolute atomic E-state index is 0.603. The molecule has 0 radical (unpaired) electrons. The van der Waals surface area contributed by atoms with E-state index in [9.17, 15) is 0 Å². The zero-order valence-corrected chi connectivity index (χ0v) is 34.6. The van der Waals surface area contributed by atoms with E-state index in [1.54, 1.807) is 0 Å². The van der Waals surface area contributed by atoms with Crippen molar-refractivity contribution < 1.29 is 4.74 Å². The third-order valence-electron chi connectivity index (χ3n) is 13.2. The lowest BCUT2D eigenvalue weighted by Gasteiger charge is -2.39. The highest BCUT2D eigenvalue weighted by Gasteiger charge is 2.51. The highest BCUT2D eigenvalue weighted by molar-refractivity contribution is 6.13. The van der Waals surface area contributed by atoms with Gasteiger partial charge in [-0.05, 0) is 75.2 Å². The zero-order chi connectivity index (χ0) is 42.2. The topological polar surface area (TPSA) is 47.9 Å². The van der Waals surface area contributed by atoms with Gasteiger partial charge in [-0.3, -0.25) is 0 Å². The Morgan fingerprint density at radius 1 is 0.312 bits per heavy atom. The number of aromatic nitrogens is 3. The summed E-state index contributed by atoms with van der Waals surface area (Å²) in [6, 6.07) is 79.5. The van der Waals surface area contributed by atoms with Gasteiger partial charge in [-0.25, -0.2) is 15.0 Å². The molecule has 298 valence electrons. The van der Waals surface area contributed by atoms with E-state index >= 15 is 0 Å². The van der Waals surface area contributed by atoms with Crippen molar-refractivity contribution in [3.05, 3.63) is 247 Å². The molecule has 13 rings (SSSR count). The van der Waals surface area contributed by atoms with Crippen LogP contribution in [0.2, 0.25) is 0 Å². The smallest absolute Gasteiger partial charge is 0.160 e. The normalized spacial score (nSPS) is 12.9. The highest BCUT2D eigenvalue weighted by Crippen LogP contribution is 2.62. The van der Waals surface area contributed by atoms with Gasteiger partial charge in [0.2, 0.25) is 0 Å². The Labute approximate surface area is 370 Å². The summed E-state index contributed by atoms with van der Waals surface area (Å²) in [5.41, 5.74) is 16.5. The van der Waals surface area contributed by atoms with Gasteiger partial charge in [0.25, 0.3) is 0 Å². The van der Waals surface area contributed by atoms with Crippen LogP contribution in [0.15, 0.2) is 224 Å². The minimum Gasteiger partial charge on any atom is -0.457 e. The molecule has 4 heteroatoms. The average molecular weight is 816 g/mol. The van der Waals surface area contributed by atoms with Gasteiger partial charge in [-0.2, -0.15) is 0 Å². The molecule has 3 heterocycles. The van der Waals surface area contributed by atoms with Crippen LogP contribution in [0, 0.1) is 0 Å². The second-order valence-corrected chi connectivity index (χ2v) is 16.7. The SMILES string of the molecule is c1ccc(-c2ccc(-c3cc(-c4ccc5nc(-c6ccccc6)c6cc7c(cc6c5c4)C4(c5ccccc5O7)c5ccccc5-c5ccccc54)nc(-c4ccccc4)n3)cc2)cc1. The van der Waals surface area contributed by atoms with E-state index in [4.69, 9.17) is 19.7 Å². The summed E-state index contributed by atoms with van der Waals surface area (Å²) in [5, 5.41) is 3.16. The van der Waals surface area contributed by atoms with E-state index < -0.39 is 5.41 Å². The minimum atomic E-state index is -0.603. The van der Waals surface area contributed by atoms with Crippen molar-refractivity contribution in [1.82, 2.24) is 15.0 Å². The van der Waals surface area contributed by atoms with Gasteiger partial charge < -0.3 is 4.74 Å². The number of nitrogens with zero attached hydrogens (tertiary/aromatic N) is 3. The zero-order valence-electron chi connectivity index (χ0n) is 34.6. The largest absolute Gasteiger partial charge is 0.457 e. The number of ether oxygens (including phenoxy) is 1. The lowest BCUT2D eigenvalue weighted by molar-refractivity contribution is 0.437. The Balaban J connectivity index is 1.07. The molecule has 64 heavy (non-hydrogen) atoms. The predicted octanol–water partition coefficient (Wildman–Crippen LogP) is 15.0. The summed E-state index contributed by atoms with van der Waals surface area (Å²) < 4.78 is 7.00. The summed E-state index contributed by atoms with van der Waals surface area (Å²) in [6.07, 6.45) is 0. The van der Waals surface area contributed by atoms with Gasteiger partial charge in [0.1, 0.15) is 11.5 Å². The third-order valence-corrected chi connectivity index (χ3v) is 13.2. The van der Waals surface area contributed by atoms with Crippen LogP contribution >= 0.6 is 0 Å². The number of hydrogen-bond donors (Lipinski definition) is 0. The molecule has 1 aliphatic heterocycles. The third kappa shape index (κ3) is 5.52. The molecule has 0 bridgehead atoms. The molecule has 0 atom stereocenters. The van der Waals surface area contributed by atoms with Crippen molar-refractivity contribution >= 4 is 21.7 Å². The van der Waals surface area contributed by atoms with Crippen molar-refractivity contribution in [2.75, 3.05) is 0 Å². The molecule has 2 aromatic heterocycles. The standard InChI is InChI=1S/C60H37N3O/c1-4-16-38(17-5-1)39-28-30-40(31-29-39)54-37-55(63-59(62-54)42-20-8-3-9-21-42)43-32-33-53-47(34-43)46-35-52-57(36-48(46)58(61-53)41-18-6-2-7-19-41)64-56-27-15-14-26-51(56)60(52)49-24-12-10-22-44(49)45-23-11-13-25-50(45)60/h1-37H. The fourth-order valence-electron chi connectivity index (χ4n) is 10.2. The fraction of sp³-hybridized carbons (Fsp3) is 0.0167. The summed E-state index contributed by atoms with van der Waals surface area (Å²) in [4.78, 5) is 15.9. The number of hydrogen-bond acceptors (Lipinski definition) is 4. The van der Waals surface area contributed by atoms with Crippen LogP contribution in [0.5, 0.6) is 11.5 Å². The van der Waals surface area contributed by atoms with E-state index in [1.165, 1.54) is 27.8 Å². The Kier molecular flexibility index (Phi) is 8.09. The maximum absolute atomic E-state index is 7.00. The molecule has 0 fully saturated rings. The van der Waals surface area contributed by atoms with Gasteiger partial charge in [-0.15, -0.1) is 0 Å². The number of benzene rings is 9. The van der Waals surface area contributed by atoms with Gasteiger partial charge in [-0.1, -0.05) is 188 Å². The van der Waals surface area contributed by atoms with Gasteiger partial charge in [0.05, 0.1) is 28.0 Å². The summed E-state index contributed by atoms with van der Waals surface area (Å²) >= 11 is 0.